The Hall–Kier alpha value is -2.56. The molecule has 2 rings (SSSR count). The van der Waals surface area contributed by atoms with Crippen LogP contribution >= 0.6 is 0 Å². The summed E-state index contributed by atoms with van der Waals surface area (Å²) in [4.78, 5) is 11.8. The molecule has 104 valence electrons. The van der Waals surface area contributed by atoms with Crippen molar-refractivity contribution in [3.05, 3.63) is 59.4 Å². The number of benzene rings is 2. The first kappa shape index (κ1) is 13.9. The summed E-state index contributed by atoms with van der Waals surface area (Å²) >= 11 is 0. The number of rotatable bonds is 4. The zero-order valence-electron chi connectivity index (χ0n) is 10.9. The van der Waals surface area contributed by atoms with Crippen molar-refractivity contribution in [1.29, 1.82) is 0 Å². The van der Waals surface area contributed by atoms with Crippen molar-refractivity contribution in [2.45, 2.75) is 6.61 Å². The van der Waals surface area contributed by atoms with Crippen molar-refractivity contribution in [1.82, 2.24) is 0 Å². The fourth-order valence-corrected chi connectivity index (χ4v) is 1.71. The van der Waals surface area contributed by atoms with Crippen molar-refractivity contribution < 1.29 is 18.7 Å². The fraction of sp³-hybridized carbons (Fsp3) is 0.133. The Labute approximate surface area is 115 Å². The molecule has 2 N–H and O–H groups in total. The van der Waals surface area contributed by atoms with E-state index < -0.39 is 11.8 Å². The zero-order valence-corrected chi connectivity index (χ0v) is 10.9. The van der Waals surface area contributed by atoms with Crippen LogP contribution in [0.1, 0.15) is 15.9 Å². The van der Waals surface area contributed by atoms with Crippen molar-refractivity contribution in [2.75, 3.05) is 12.8 Å². The monoisotopic (exact) mass is 275 g/mol. The molecule has 2 aromatic carbocycles. The Balaban J connectivity index is 2.04. The SMILES string of the molecule is COc1cccc(COC(=O)c2ccc(F)cc2N)c1. The Kier molecular flexibility index (Phi) is 4.20. The molecule has 0 spiro atoms. The zero-order chi connectivity index (χ0) is 14.5. The van der Waals surface area contributed by atoms with E-state index in [1.807, 2.05) is 6.07 Å². The lowest BCUT2D eigenvalue weighted by molar-refractivity contribution is 0.0473. The molecule has 0 aliphatic rings. The van der Waals surface area contributed by atoms with E-state index in [0.29, 0.717) is 5.75 Å². The molecule has 0 aliphatic heterocycles. The summed E-state index contributed by atoms with van der Waals surface area (Å²) in [6, 6.07) is 10.7. The first-order chi connectivity index (χ1) is 9.60. The lowest BCUT2D eigenvalue weighted by Gasteiger charge is -2.08. The summed E-state index contributed by atoms with van der Waals surface area (Å²) < 4.78 is 23.1. The van der Waals surface area contributed by atoms with Crippen LogP contribution < -0.4 is 10.5 Å². The van der Waals surface area contributed by atoms with Crippen LogP contribution in [0.15, 0.2) is 42.5 Å². The maximum atomic E-state index is 12.9. The van der Waals surface area contributed by atoms with Gasteiger partial charge in [-0.05, 0) is 35.9 Å². The normalized spacial score (nSPS) is 10.1. The van der Waals surface area contributed by atoms with E-state index in [1.54, 1.807) is 25.3 Å². The topological polar surface area (TPSA) is 61.5 Å². The highest BCUT2D eigenvalue weighted by Gasteiger charge is 2.12. The quantitative estimate of drug-likeness (QED) is 0.688. The van der Waals surface area contributed by atoms with E-state index >= 15 is 0 Å². The van der Waals surface area contributed by atoms with Crippen LogP contribution in [0.2, 0.25) is 0 Å². The summed E-state index contributed by atoms with van der Waals surface area (Å²) in [6.45, 7) is 0.0901. The third-order valence-electron chi connectivity index (χ3n) is 2.74. The van der Waals surface area contributed by atoms with Gasteiger partial charge >= 0.3 is 5.97 Å². The summed E-state index contributed by atoms with van der Waals surface area (Å²) in [5, 5.41) is 0. The summed E-state index contributed by atoms with van der Waals surface area (Å²) in [5.41, 5.74) is 6.57. The van der Waals surface area contributed by atoms with Gasteiger partial charge in [0, 0.05) is 5.69 Å². The minimum Gasteiger partial charge on any atom is -0.497 e. The van der Waals surface area contributed by atoms with E-state index in [4.69, 9.17) is 15.2 Å². The molecule has 0 aliphatic carbocycles. The minimum absolute atomic E-state index is 0.0562. The molecular weight excluding hydrogens is 261 g/mol. The van der Waals surface area contributed by atoms with Gasteiger partial charge < -0.3 is 15.2 Å². The van der Waals surface area contributed by atoms with Crippen molar-refractivity contribution in [3.63, 3.8) is 0 Å². The molecule has 5 heteroatoms. The van der Waals surface area contributed by atoms with Crippen LogP contribution in [0.25, 0.3) is 0 Å². The Bertz CT molecular complexity index is 628. The van der Waals surface area contributed by atoms with E-state index in [-0.39, 0.29) is 17.9 Å². The average molecular weight is 275 g/mol. The molecule has 0 atom stereocenters. The Morgan fingerprint density at radius 1 is 1.25 bits per heavy atom. The smallest absolute Gasteiger partial charge is 0.340 e. The molecule has 0 fully saturated rings. The summed E-state index contributed by atoms with van der Waals surface area (Å²) in [5.74, 6) is -0.406. The molecular formula is C15H14FNO3. The molecule has 0 unspecified atom stereocenters. The molecule has 4 nitrogen and oxygen atoms in total. The molecule has 0 aromatic heterocycles. The second kappa shape index (κ2) is 6.06. The molecule has 2 aromatic rings. The highest BCUT2D eigenvalue weighted by molar-refractivity contribution is 5.94. The largest absolute Gasteiger partial charge is 0.497 e. The number of hydrogen-bond acceptors (Lipinski definition) is 4. The van der Waals surface area contributed by atoms with Gasteiger partial charge in [-0.1, -0.05) is 12.1 Å². The standard InChI is InChI=1S/C15H14FNO3/c1-19-12-4-2-3-10(7-12)9-20-15(18)13-6-5-11(16)8-14(13)17/h2-8H,9,17H2,1H3. The van der Waals surface area contributed by atoms with Crippen LogP contribution in [0.5, 0.6) is 5.75 Å². The lowest BCUT2D eigenvalue weighted by atomic mass is 10.2. The van der Waals surface area contributed by atoms with Crippen LogP contribution in [0.4, 0.5) is 10.1 Å². The number of hydrogen-bond donors (Lipinski definition) is 1. The summed E-state index contributed by atoms with van der Waals surface area (Å²) in [6.07, 6.45) is 0. The predicted octanol–water partition coefficient (Wildman–Crippen LogP) is 2.77. The van der Waals surface area contributed by atoms with Crippen molar-refractivity contribution in [3.8, 4) is 5.75 Å². The van der Waals surface area contributed by atoms with Crippen molar-refractivity contribution in [2.24, 2.45) is 0 Å². The number of esters is 1. The van der Waals surface area contributed by atoms with Crippen molar-refractivity contribution >= 4 is 11.7 Å². The number of nitrogen functional groups attached to an aromatic ring is 1. The number of halogens is 1. The number of methoxy groups -OCH3 is 1. The molecule has 0 bridgehead atoms. The number of carbonyl (C=O) groups excluding carboxylic acids is 1. The minimum atomic E-state index is -0.592. The van der Waals surface area contributed by atoms with Gasteiger partial charge in [0.2, 0.25) is 0 Å². The van der Waals surface area contributed by atoms with Gasteiger partial charge in [-0.2, -0.15) is 0 Å². The maximum absolute atomic E-state index is 12.9. The first-order valence-electron chi connectivity index (χ1n) is 5.95. The molecule has 20 heavy (non-hydrogen) atoms. The van der Waals surface area contributed by atoms with Gasteiger partial charge in [-0.3, -0.25) is 0 Å². The van der Waals surface area contributed by atoms with Gasteiger partial charge in [0.15, 0.2) is 0 Å². The second-order valence-electron chi connectivity index (χ2n) is 4.16. The van der Waals surface area contributed by atoms with E-state index in [1.165, 1.54) is 12.1 Å². The van der Waals surface area contributed by atoms with E-state index in [0.717, 1.165) is 11.6 Å². The van der Waals surface area contributed by atoms with Crippen LogP contribution in [0.3, 0.4) is 0 Å². The average Bonchev–Trinajstić information content (AvgIpc) is 2.45. The number of carbonyl (C=O) groups is 1. The van der Waals surface area contributed by atoms with Crippen LogP contribution in [-0.4, -0.2) is 13.1 Å². The van der Waals surface area contributed by atoms with Crippen LogP contribution in [0, 0.1) is 5.82 Å². The van der Waals surface area contributed by atoms with E-state index in [9.17, 15) is 9.18 Å². The third-order valence-corrected chi connectivity index (χ3v) is 2.74. The van der Waals surface area contributed by atoms with Gasteiger partial charge in [0.1, 0.15) is 18.2 Å². The van der Waals surface area contributed by atoms with Gasteiger partial charge in [0.25, 0.3) is 0 Å². The number of ether oxygens (including phenoxy) is 2. The Morgan fingerprint density at radius 3 is 2.75 bits per heavy atom. The predicted molar refractivity (Wildman–Crippen MR) is 72.9 cm³/mol. The molecule has 0 radical (unpaired) electrons. The lowest BCUT2D eigenvalue weighted by Crippen LogP contribution is -2.08. The fourth-order valence-electron chi connectivity index (χ4n) is 1.71. The van der Waals surface area contributed by atoms with E-state index in [2.05, 4.69) is 0 Å². The van der Waals surface area contributed by atoms with Crippen LogP contribution in [-0.2, 0) is 11.3 Å². The second-order valence-corrected chi connectivity index (χ2v) is 4.16. The first-order valence-corrected chi connectivity index (χ1v) is 5.95. The Morgan fingerprint density at radius 2 is 2.05 bits per heavy atom. The molecule has 0 heterocycles. The van der Waals surface area contributed by atoms with Gasteiger partial charge in [-0.15, -0.1) is 0 Å². The third kappa shape index (κ3) is 3.26. The van der Waals surface area contributed by atoms with Gasteiger partial charge in [0.05, 0.1) is 12.7 Å². The highest BCUT2D eigenvalue weighted by atomic mass is 19.1. The molecule has 0 saturated carbocycles. The summed E-state index contributed by atoms with van der Waals surface area (Å²) in [7, 11) is 1.56. The highest BCUT2D eigenvalue weighted by Crippen LogP contribution is 2.17. The van der Waals surface area contributed by atoms with Gasteiger partial charge in [-0.25, -0.2) is 9.18 Å². The number of anilines is 1. The molecule has 0 amide bonds. The number of nitrogens with two attached hydrogens (primary N) is 1. The molecule has 0 saturated heterocycles. The maximum Gasteiger partial charge on any atom is 0.340 e.